The number of alkyl halides is 3. The lowest BCUT2D eigenvalue weighted by molar-refractivity contribution is -0.137. The topological polar surface area (TPSA) is 142 Å². The molecule has 0 radical (unpaired) electrons. The second kappa shape index (κ2) is 11.8. The number of carboxylic acid groups (broad SMARTS) is 1. The molecule has 0 saturated heterocycles. The molecule has 1 fully saturated rings. The molecule has 2 atom stereocenters. The van der Waals surface area contributed by atoms with Crippen LogP contribution in [0.1, 0.15) is 47.2 Å². The Kier molecular flexibility index (Phi) is 9.02. The molecule has 3 amide bonds. The molecule has 2 aromatic rings. The predicted molar refractivity (Wildman–Crippen MR) is 133 cm³/mol. The Morgan fingerprint density at radius 3 is 2.32 bits per heavy atom. The average molecular weight is 556 g/mol. The number of rotatable bonds is 8. The zero-order valence-electron chi connectivity index (χ0n) is 20.5. The molecule has 3 rings (SSSR count). The van der Waals surface area contributed by atoms with Gasteiger partial charge in [0.25, 0.3) is 5.91 Å². The van der Waals surface area contributed by atoms with E-state index in [4.69, 9.17) is 5.11 Å². The van der Waals surface area contributed by atoms with Crippen LogP contribution in [0.4, 0.5) is 23.7 Å². The molecular formula is C25H28F3N3O6S. The van der Waals surface area contributed by atoms with Crippen molar-refractivity contribution in [2.75, 3.05) is 17.6 Å². The fraction of sp³-hybridized carbons (Fsp3) is 0.400. The summed E-state index contributed by atoms with van der Waals surface area (Å²) in [4.78, 5) is 36.3. The molecule has 38 heavy (non-hydrogen) atoms. The molecule has 0 bridgehead atoms. The Balaban J connectivity index is 1.66. The number of amides is 3. The molecule has 1 saturated carbocycles. The quantitative estimate of drug-likeness (QED) is 0.388. The highest BCUT2D eigenvalue weighted by Crippen LogP contribution is 2.32. The van der Waals surface area contributed by atoms with Crippen LogP contribution < -0.4 is 16.0 Å². The monoisotopic (exact) mass is 555 g/mol. The molecule has 0 unspecified atom stereocenters. The summed E-state index contributed by atoms with van der Waals surface area (Å²) in [6, 6.07) is 7.96. The Morgan fingerprint density at radius 2 is 1.68 bits per heavy atom. The van der Waals surface area contributed by atoms with Gasteiger partial charge in [0, 0.05) is 6.04 Å². The highest BCUT2D eigenvalue weighted by atomic mass is 32.2. The average Bonchev–Trinajstić information content (AvgIpc) is 2.83. The van der Waals surface area contributed by atoms with E-state index in [1.807, 2.05) is 12.2 Å². The first-order valence-corrected chi connectivity index (χ1v) is 13.5. The first-order valence-electron chi connectivity index (χ1n) is 11.8. The van der Waals surface area contributed by atoms with Crippen LogP contribution in [0.5, 0.6) is 0 Å². The van der Waals surface area contributed by atoms with Gasteiger partial charge in [-0.3, -0.25) is 14.9 Å². The number of hydrogen-bond donors (Lipinski definition) is 4. The molecule has 0 heterocycles. The third kappa shape index (κ3) is 7.70. The zero-order valence-corrected chi connectivity index (χ0v) is 21.3. The van der Waals surface area contributed by atoms with Crippen molar-refractivity contribution in [2.24, 2.45) is 5.92 Å². The third-order valence-corrected chi connectivity index (χ3v) is 8.17. The number of carbonyl (C=O) groups excluding carboxylic acids is 2. The standard InChI is InChI=1S/C25H28F3N3O6S/c1-15-6-9-18(10-7-15)38(36,37)14-16-4-2-3-5-20(16)30-22(32)13-29-23(33)19-12-17(25(26,27)28)8-11-21(19)31-24(34)35/h6-12,16,20,31H,2-5,13-14H2,1H3,(H,29,33)(H,30,32)(H,34,35)/t16-,20-/m0/s1. The summed E-state index contributed by atoms with van der Waals surface area (Å²) in [7, 11) is -3.61. The van der Waals surface area contributed by atoms with Crippen LogP contribution in [0.3, 0.4) is 0 Å². The number of nitrogens with one attached hydrogen (secondary N) is 3. The Bertz CT molecular complexity index is 1300. The van der Waals surface area contributed by atoms with Crippen molar-refractivity contribution in [1.29, 1.82) is 0 Å². The van der Waals surface area contributed by atoms with E-state index in [1.54, 1.807) is 12.1 Å². The van der Waals surface area contributed by atoms with Gasteiger partial charge in [-0.05, 0) is 56.0 Å². The van der Waals surface area contributed by atoms with E-state index < -0.39 is 57.6 Å². The highest BCUT2D eigenvalue weighted by molar-refractivity contribution is 7.91. The minimum atomic E-state index is -4.77. The van der Waals surface area contributed by atoms with Crippen LogP contribution >= 0.6 is 0 Å². The second-order valence-corrected chi connectivity index (χ2v) is 11.2. The van der Waals surface area contributed by atoms with Gasteiger partial charge in [-0.1, -0.05) is 30.5 Å². The van der Waals surface area contributed by atoms with Crippen molar-refractivity contribution in [3.05, 3.63) is 59.2 Å². The van der Waals surface area contributed by atoms with Crippen LogP contribution in [-0.4, -0.2) is 49.8 Å². The Labute approximate surface area is 217 Å². The molecule has 13 heteroatoms. The molecule has 1 aliphatic rings. The minimum Gasteiger partial charge on any atom is -0.465 e. The number of hydrogen-bond acceptors (Lipinski definition) is 5. The van der Waals surface area contributed by atoms with Gasteiger partial charge < -0.3 is 15.7 Å². The molecule has 206 valence electrons. The fourth-order valence-corrected chi connectivity index (χ4v) is 6.07. The number of benzene rings is 2. The SMILES string of the molecule is Cc1ccc(S(=O)(=O)C[C@@H]2CCCC[C@@H]2NC(=O)CNC(=O)c2cc(C(F)(F)F)ccc2NC(=O)O)cc1. The van der Waals surface area contributed by atoms with E-state index in [9.17, 15) is 36.0 Å². The van der Waals surface area contributed by atoms with E-state index in [0.717, 1.165) is 24.5 Å². The summed E-state index contributed by atoms with van der Waals surface area (Å²) in [5.74, 6) is -2.26. The molecule has 0 aromatic heterocycles. The Morgan fingerprint density at radius 1 is 1.03 bits per heavy atom. The summed E-state index contributed by atoms with van der Waals surface area (Å²) in [5.41, 5.74) is -1.22. The maximum atomic E-state index is 13.1. The first-order chi connectivity index (χ1) is 17.8. The third-order valence-electron chi connectivity index (χ3n) is 6.31. The van der Waals surface area contributed by atoms with Crippen molar-refractivity contribution in [1.82, 2.24) is 10.6 Å². The number of aryl methyl sites for hydroxylation is 1. The summed E-state index contributed by atoms with van der Waals surface area (Å²) < 4.78 is 65.2. The number of sulfone groups is 1. The van der Waals surface area contributed by atoms with E-state index >= 15 is 0 Å². The lowest BCUT2D eigenvalue weighted by atomic mass is 9.86. The van der Waals surface area contributed by atoms with E-state index in [1.165, 1.54) is 12.1 Å². The van der Waals surface area contributed by atoms with Gasteiger partial charge in [-0.15, -0.1) is 0 Å². The molecule has 4 N–H and O–H groups in total. The van der Waals surface area contributed by atoms with Crippen molar-refractivity contribution in [3.63, 3.8) is 0 Å². The molecule has 2 aromatic carbocycles. The van der Waals surface area contributed by atoms with Crippen molar-refractivity contribution < 1.29 is 41.1 Å². The molecule has 1 aliphatic carbocycles. The van der Waals surface area contributed by atoms with Crippen molar-refractivity contribution >= 4 is 33.4 Å². The van der Waals surface area contributed by atoms with Crippen molar-refractivity contribution in [2.45, 2.75) is 49.7 Å². The van der Waals surface area contributed by atoms with Gasteiger partial charge in [-0.25, -0.2) is 13.2 Å². The zero-order chi connectivity index (χ0) is 28.1. The van der Waals surface area contributed by atoms with Gasteiger partial charge in [0.15, 0.2) is 9.84 Å². The van der Waals surface area contributed by atoms with Crippen molar-refractivity contribution in [3.8, 4) is 0 Å². The van der Waals surface area contributed by atoms with Gasteiger partial charge in [0.2, 0.25) is 5.91 Å². The molecule has 0 spiro atoms. The number of halogens is 3. The van der Waals surface area contributed by atoms with E-state index in [-0.39, 0.29) is 22.3 Å². The lowest BCUT2D eigenvalue weighted by Gasteiger charge is -2.32. The summed E-state index contributed by atoms with van der Waals surface area (Å²) in [6.07, 6.45) is -3.67. The molecular weight excluding hydrogens is 527 g/mol. The van der Waals surface area contributed by atoms with Gasteiger partial charge in [-0.2, -0.15) is 13.2 Å². The van der Waals surface area contributed by atoms with Crippen LogP contribution in [0.25, 0.3) is 0 Å². The van der Waals surface area contributed by atoms with Crippen LogP contribution in [0, 0.1) is 12.8 Å². The minimum absolute atomic E-state index is 0.165. The van der Waals surface area contributed by atoms with Crippen LogP contribution in [0.15, 0.2) is 47.4 Å². The number of carbonyl (C=O) groups is 3. The predicted octanol–water partition coefficient (Wildman–Crippen LogP) is 3.98. The largest absolute Gasteiger partial charge is 0.465 e. The van der Waals surface area contributed by atoms with E-state index in [0.29, 0.717) is 25.0 Å². The summed E-state index contributed by atoms with van der Waals surface area (Å²) >= 11 is 0. The molecule has 9 nitrogen and oxygen atoms in total. The van der Waals surface area contributed by atoms with Gasteiger partial charge >= 0.3 is 12.3 Å². The number of anilines is 1. The van der Waals surface area contributed by atoms with Gasteiger partial charge in [0.1, 0.15) is 0 Å². The molecule has 0 aliphatic heterocycles. The van der Waals surface area contributed by atoms with E-state index in [2.05, 4.69) is 10.6 Å². The fourth-order valence-electron chi connectivity index (χ4n) is 4.37. The second-order valence-electron chi connectivity index (χ2n) is 9.18. The first kappa shape index (κ1) is 29.0. The van der Waals surface area contributed by atoms with Crippen LogP contribution in [-0.2, 0) is 20.8 Å². The lowest BCUT2D eigenvalue weighted by Crippen LogP contribution is -2.47. The smallest absolute Gasteiger partial charge is 0.416 e. The summed E-state index contributed by atoms with van der Waals surface area (Å²) in [5, 5.41) is 15.7. The Hall–Kier alpha value is -3.61. The normalized spacial score (nSPS) is 17.9. The maximum Gasteiger partial charge on any atom is 0.416 e. The van der Waals surface area contributed by atoms with Crippen LogP contribution in [0.2, 0.25) is 0 Å². The summed E-state index contributed by atoms with van der Waals surface area (Å²) in [6.45, 7) is 1.24. The maximum absolute atomic E-state index is 13.1. The van der Waals surface area contributed by atoms with Gasteiger partial charge in [0.05, 0.1) is 34.0 Å². The highest BCUT2D eigenvalue weighted by Gasteiger charge is 2.33.